The molecule has 17 heavy (non-hydrogen) atoms. The van der Waals surface area contributed by atoms with Gasteiger partial charge in [0, 0.05) is 17.3 Å². The molecule has 4 heteroatoms. The fourth-order valence-electron chi connectivity index (χ4n) is 2.21. The van der Waals surface area contributed by atoms with Crippen molar-refractivity contribution in [3.8, 4) is 5.69 Å². The number of rotatable bonds is 2. The minimum atomic E-state index is 0.135. The molecule has 0 N–H and O–H groups in total. The first-order valence-corrected chi connectivity index (χ1v) is 6.82. The van der Waals surface area contributed by atoms with Crippen molar-refractivity contribution in [3.63, 3.8) is 0 Å². The topological polar surface area (TPSA) is 27.1 Å². The van der Waals surface area contributed by atoms with E-state index < -0.39 is 0 Å². The number of aromatic nitrogens is 2. The summed E-state index contributed by atoms with van der Waals surface area (Å²) < 4.78 is 7.72. The van der Waals surface area contributed by atoms with E-state index in [1.807, 2.05) is 29.1 Å². The largest absolute Gasteiger partial charge is 0.372 e. The molecule has 0 radical (unpaired) electrons. The zero-order chi connectivity index (χ0) is 11.7. The summed E-state index contributed by atoms with van der Waals surface area (Å²) in [6, 6.07) is 10.2. The average molecular weight is 293 g/mol. The lowest BCUT2D eigenvalue weighted by Gasteiger charge is -2.22. The van der Waals surface area contributed by atoms with Crippen LogP contribution in [0.15, 0.2) is 36.5 Å². The molecule has 1 atom stereocenters. The highest BCUT2D eigenvalue weighted by Gasteiger charge is 2.24. The molecule has 2 aromatic rings. The zero-order valence-electron chi connectivity index (χ0n) is 9.34. The van der Waals surface area contributed by atoms with Crippen LogP contribution in [0.3, 0.4) is 0 Å². The number of para-hydroxylation sites is 1. The Morgan fingerprint density at radius 3 is 2.94 bits per heavy atom. The Kier molecular flexibility index (Phi) is 2.99. The predicted octanol–water partition coefficient (Wildman–Crippen LogP) is 2.88. The normalized spacial score (nSPS) is 19.0. The molecule has 1 unspecified atom stereocenters. The van der Waals surface area contributed by atoms with Crippen LogP contribution in [0.25, 0.3) is 5.69 Å². The third-order valence-corrected chi connectivity index (χ3v) is 3.63. The van der Waals surface area contributed by atoms with E-state index in [9.17, 15) is 0 Å². The minimum absolute atomic E-state index is 0.135. The fourth-order valence-corrected chi connectivity index (χ4v) is 2.75. The highest BCUT2D eigenvalue weighted by Crippen LogP contribution is 2.29. The van der Waals surface area contributed by atoms with Crippen molar-refractivity contribution in [2.45, 2.75) is 12.5 Å². The number of hydrogen-bond donors (Lipinski definition) is 0. The van der Waals surface area contributed by atoms with E-state index in [1.165, 1.54) is 11.3 Å². The van der Waals surface area contributed by atoms with Gasteiger partial charge < -0.3 is 4.74 Å². The van der Waals surface area contributed by atoms with E-state index in [0.717, 1.165) is 24.0 Å². The van der Waals surface area contributed by atoms with Crippen molar-refractivity contribution in [1.82, 2.24) is 9.78 Å². The lowest BCUT2D eigenvalue weighted by Crippen LogP contribution is -2.18. The molecule has 1 aromatic heterocycles. The molecule has 2 heterocycles. The van der Waals surface area contributed by atoms with Crippen LogP contribution in [0.5, 0.6) is 0 Å². The van der Waals surface area contributed by atoms with Gasteiger partial charge in [0.1, 0.15) is 0 Å². The van der Waals surface area contributed by atoms with Gasteiger partial charge in [-0.15, -0.1) is 0 Å². The number of ether oxygens (including phenoxy) is 1. The van der Waals surface area contributed by atoms with Gasteiger partial charge >= 0.3 is 0 Å². The summed E-state index contributed by atoms with van der Waals surface area (Å²) in [5.41, 5.74) is 3.59. The maximum absolute atomic E-state index is 5.70. The maximum Gasteiger partial charge on any atom is 0.0955 e. The van der Waals surface area contributed by atoms with Gasteiger partial charge in [0.15, 0.2) is 0 Å². The summed E-state index contributed by atoms with van der Waals surface area (Å²) in [4.78, 5) is 0. The Hall–Kier alpha value is -1.13. The Morgan fingerprint density at radius 1 is 1.35 bits per heavy atom. The highest BCUT2D eigenvalue weighted by molar-refractivity contribution is 9.09. The summed E-state index contributed by atoms with van der Waals surface area (Å²) in [6.07, 6.45) is 2.98. The molecular formula is C13H13BrN2O. The van der Waals surface area contributed by atoms with Gasteiger partial charge in [-0.25, -0.2) is 4.68 Å². The third kappa shape index (κ3) is 1.91. The van der Waals surface area contributed by atoms with Crippen molar-refractivity contribution < 1.29 is 4.74 Å². The first kappa shape index (κ1) is 11.0. The molecule has 3 nitrogen and oxygen atoms in total. The van der Waals surface area contributed by atoms with Crippen LogP contribution in [0.1, 0.15) is 17.4 Å². The second-order valence-electron chi connectivity index (χ2n) is 4.06. The Bertz CT molecular complexity index is 509. The first-order chi connectivity index (χ1) is 8.40. The number of hydrogen-bond acceptors (Lipinski definition) is 2. The minimum Gasteiger partial charge on any atom is -0.372 e. The monoisotopic (exact) mass is 292 g/mol. The van der Waals surface area contributed by atoms with Crippen LogP contribution < -0.4 is 0 Å². The van der Waals surface area contributed by atoms with Gasteiger partial charge in [-0.05, 0) is 12.1 Å². The van der Waals surface area contributed by atoms with Gasteiger partial charge in [0.05, 0.1) is 30.3 Å². The summed E-state index contributed by atoms with van der Waals surface area (Å²) in [7, 11) is 0. The molecule has 0 bridgehead atoms. The second kappa shape index (κ2) is 4.63. The van der Waals surface area contributed by atoms with Gasteiger partial charge in [-0.1, -0.05) is 34.1 Å². The Labute approximate surface area is 109 Å². The maximum atomic E-state index is 5.70. The van der Waals surface area contributed by atoms with E-state index in [1.54, 1.807) is 0 Å². The molecule has 0 aliphatic carbocycles. The summed E-state index contributed by atoms with van der Waals surface area (Å²) in [5.74, 6) is 0. The van der Waals surface area contributed by atoms with Gasteiger partial charge in [-0.3, -0.25) is 0 Å². The standard InChI is InChI=1S/C13H13BrN2O/c14-8-13-11-9-15-16(12(11)6-7-17-13)10-4-2-1-3-5-10/h1-5,9,13H,6-8H2. The molecule has 88 valence electrons. The van der Waals surface area contributed by atoms with Gasteiger partial charge in [-0.2, -0.15) is 5.10 Å². The molecule has 0 fully saturated rings. The van der Waals surface area contributed by atoms with E-state index in [0.29, 0.717) is 0 Å². The van der Waals surface area contributed by atoms with E-state index in [-0.39, 0.29) is 6.10 Å². The number of nitrogens with zero attached hydrogens (tertiary/aromatic N) is 2. The summed E-state index contributed by atoms with van der Waals surface area (Å²) >= 11 is 3.48. The Balaban J connectivity index is 2.06. The molecule has 0 amide bonds. The fraction of sp³-hybridized carbons (Fsp3) is 0.308. The van der Waals surface area contributed by atoms with Gasteiger partial charge in [0.2, 0.25) is 0 Å². The zero-order valence-corrected chi connectivity index (χ0v) is 10.9. The van der Waals surface area contributed by atoms with Crippen molar-refractivity contribution in [1.29, 1.82) is 0 Å². The summed E-state index contributed by atoms with van der Waals surface area (Å²) in [6.45, 7) is 0.766. The Morgan fingerprint density at radius 2 is 2.18 bits per heavy atom. The molecule has 1 aromatic carbocycles. The number of alkyl halides is 1. The second-order valence-corrected chi connectivity index (χ2v) is 4.71. The van der Waals surface area contributed by atoms with Crippen LogP contribution in [0.2, 0.25) is 0 Å². The SMILES string of the molecule is BrCC1OCCc2c1cnn2-c1ccccc1. The molecular weight excluding hydrogens is 280 g/mol. The molecule has 1 aliphatic rings. The molecule has 0 saturated heterocycles. The van der Waals surface area contributed by atoms with E-state index in [2.05, 4.69) is 33.2 Å². The number of halogens is 1. The van der Waals surface area contributed by atoms with E-state index in [4.69, 9.17) is 4.74 Å². The van der Waals surface area contributed by atoms with Crippen molar-refractivity contribution in [3.05, 3.63) is 47.8 Å². The van der Waals surface area contributed by atoms with Crippen LogP contribution in [0, 0.1) is 0 Å². The lowest BCUT2D eigenvalue weighted by atomic mass is 10.1. The quantitative estimate of drug-likeness (QED) is 0.796. The first-order valence-electron chi connectivity index (χ1n) is 5.70. The smallest absolute Gasteiger partial charge is 0.0955 e. The summed E-state index contributed by atoms with van der Waals surface area (Å²) in [5, 5.41) is 5.30. The third-order valence-electron chi connectivity index (χ3n) is 3.05. The van der Waals surface area contributed by atoms with Crippen molar-refractivity contribution in [2.24, 2.45) is 0 Å². The van der Waals surface area contributed by atoms with E-state index >= 15 is 0 Å². The van der Waals surface area contributed by atoms with Crippen LogP contribution in [0.4, 0.5) is 0 Å². The number of benzene rings is 1. The molecule has 1 aliphatic heterocycles. The lowest BCUT2D eigenvalue weighted by molar-refractivity contribution is 0.0586. The van der Waals surface area contributed by atoms with Crippen LogP contribution in [-0.2, 0) is 11.2 Å². The highest BCUT2D eigenvalue weighted by atomic mass is 79.9. The van der Waals surface area contributed by atoms with Crippen LogP contribution >= 0.6 is 15.9 Å². The molecule has 3 rings (SSSR count). The van der Waals surface area contributed by atoms with Crippen molar-refractivity contribution in [2.75, 3.05) is 11.9 Å². The number of fused-ring (bicyclic) bond motifs is 1. The van der Waals surface area contributed by atoms with Gasteiger partial charge in [0.25, 0.3) is 0 Å². The molecule has 0 saturated carbocycles. The predicted molar refractivity (Wildman–Crippen MR) is 69.8 cm³/mol. The van der Waals surface area contributed by atoms with Crippen LogP contribution in [-0.4, -0.2) is 21.7 Å². The molecule has 0 spiro atoms. The average Bonchev–Trinajstić information content (AvgIpc) is 2.83. The van der Waals surface area contributed by atoms with Crippen molar-refractivity contribution >= 4 is 15.9 Å².